The van der Waals surface area contributed by atoms with Gasteiger partial charge >= 0.3 is 0 Å². The van der Waals surface area contributed by atoms with Gasteiger partial charge < -0.3 is 10.1 Å². The molecule has 29 heavy (non-hydrogen) atoms. The maximum atomic E-state index is 13.3. The fraction of sp³-hybridized carbons (Fsp3) is 0.136. The normalized spacial score (nSPS) is 11.0. The zero-order valence-corrected chi connectivity index (χ0v) is 17.0. The van der Waals surface area contributed by atoms with E-state index < -0.39 is 22.5 Å². The first-order valence-corrected chi connectivity index (χ1v) is 10.4. The summed E-state index contributed by atoms with van der Waals surface area (Å²) < 4.78 is 33.0. The summed E-state index contributed by atoms with van der Waals surface area (Å²) in [5.74, 6) is -0.102. The van der Waals surface area contributed by atoms with E-state index >= 15 is 0 Å². The molecular weight excluding hydrogens is 388 g/mol. The van der Waals surface area contributed by atoms with Gasteiger partial charge in [0.2, 0.25) is 5.91 Å². The lowest BCUT2D eigenvalue weighted by atomic mass is 10.2. The van der Waals surface area contributed by atoms with E-state index in [4.69, 9.17) is 4.74 Å². The number of ether oxygens (including phenoxy) is 1. The number of sulfonamides is 1. The Balaban J connectivity index is 1.97. The third-order valence-corrected chi connectivity index (χ3v) is 6.08. The van der Waals surface area contributed by atoms with Crippen LogP contribution in [0.2, 0.25) is 0 Å². The Morgan fingerprint density at radius 2 is 1.55 bits per heavy atom. The van der Waals surface area contributed by atoms with Crippen LogP contribution in [0, 0.1) is 6.92 Å². The van der Waals surface area contributed by atoms with E-state index in [0.29, 0.717) is 11.4 Å². The molecule has 0 heterocycles. The van der Waals surface area contributed by atoms with Gasteiger partial charge in [-0.05, 0) is 43.3 Å². The Kier molecular flexibility index (Phi) is 6.19. The van der Waals surface area contributed by atoms with Crippen molar-refractivity contribution in [2.45, 2.75) is 11.8 Å². The largest absolute Gasteiger partial charge is 0.495 e. The van der Waals surface area contributed by atoms with Gasteiger partial charge in [0.1, 0.15) is 12.3 Å². The van der Waals surface area contributed by atoms with Crippen LogP contribution in [0.1, 0.15) is 5.56 Å². The summed E-state index contributed by atoms with van der Waals surface area (Å²) in [5.41, 5.74) is 1.95. The SMILES string of the molecule is COc1ccccc1N(CC(=O)Nc1ccc(C)cc1)S(=O)(=O)c1ccccc1. The van der Waals surface area contributed by atoms with Gasteiger partial charge in [0.05, 0.1) is 17.7 Å². The molecular formula is C22H22N2O4S. The van der Waals surface area contributed by atoms with E-state index in [1.165, 1.54) is 19.2 Å². The number of amides is 1. The number of benzene rings is 3. The smallest absolute Gasteiger partial charge is 0.264 e. The van der Waals surface area contributed by atoms with Crippen LogP contribution < -0.4 is 14.4 Å². The molecule has 0 fully saturated rings. The first-order chi connectivity index (χ1) is 13.9. The van der Waals surface area contributed by atoms with Gasteiger partial charge in [-0.25, -0.2) is 8.42 Å². The summed E-state index contributed by atoms with van der Waals surface area (Å²) in [7, 11) is -2.53. The maximum Gasteiger partial charge on any atom is 0.264 e. The van der Waals surface area contributed by atoms with Crippen molar-refractivity contribution in [3.05, 3.63) is 84.4 Å². The Morgan fingerprint density at radius 1 is 0.931 bits per heavy atom. The third kappa shape index (κ3) is 4.75. The van der Waals surface area contributed by atoms with E-state index in [2.05, 4.69) is 5.32 Å². The molecule has 3 rings (SSSR count). The second-order valence-electron chi connectivity index (χ2n) is 6.41. The molecule has 0 saturated carbocycles. The fourth-order valence-corrected chi connectivity index (χ4v) is 4.28. The molecule has 0 aliphatic heterocycles. The van der Waals surface area contributed by atoms with Crippen molar-refractivity contribution in [2.75, 3.05) is 23.3 Å². The highest BCUT2D eigenvalue weighted by atomic mass is 32.2. The molecule has 150 valence electrons. The molecule has 0 radical (unpaired) electrons. The van der Waals surface area contributed by atoms with E-state index in [9.17, 15) is 13.2 Å². The number of aryl methyl sites for hydroxylation is 1. The number of methoxy groups -OCH3 is 1. The van der Waals surface area contributed by atoms with E-state index in [1.54, 1.807) is 54.6 Å². The van der Waals surface area contributed by atoms with Crippen molar-refractivity contribution < 1.29 is 17.9 Å². The number of nitrogens with zero attached hydrogens (tertiary/aromatic N) is 1. The molecule has 1 N–H and O–H groups in total. The molecule has 0 aromatic heterocycles. The number of hydrogen-bond donors (Lipinski definition) is 1. The predicted octanol–water partition coefficient (Wildman–Crippen LogP) is 3.84. The molecule has 0 aliphatic carbocycles. The highest BCUT2D eigenvalue weighted by molar-refractivity contribution is 7.92. The van der Waals surface area contributed by atoms with E-state index in [0.717, 1.165) is 9.87 Å². The number of rotatable bonds is 7. The standard InChI is InChI=1S/C22H22N2O4S/c1-17-12-14-18(15-13-17)23-22(25)16-24(20-10-6-7-11-21(20)28-2)29(26,27)19-8-4-3-5-9-19/h3-15H,16H2,1-2H3,(H,23,25). The third-order valence-electron chi connectivity index (χ3n) is 4.31. The highest BCUT2D eigenvalue weighted by Gasteiger charge is 2.29. The number of carbonyl (C=O) groups excluding carboxylic acids is 1. The average Bonchev–Trinajstić information content (AvgIpc) is 2.74. The maximum absolute atomic E-state index is 13.3. The summed E-state index contributed by atoms with van der Waals surface area (Å²) >= 11 is 0. The molecule has 3 aromatic rings. The zero-order chi connectivity index (χ0) is 20.9. The van der Waals surface area contributed by atoms with Crippen molar-refractivity contribution >= 4 is 27.3 Å². The minimum Gasteiger partial charge on any atom is -0.495 e. The monoisotopic (exact) mass is 410 g/mol. The summed E-state index contributed by atoms with van der Waals surface area (Å²) in [6, 6.07) is 22.0. The summed E-state index contributed by atoms with van der Waals surface area (Å²) in [6.07, 6.45) is 0. The first-order valence-electron chi connectivity index (χ1n) is 8.99. The highest BCUT2D eigenvalue weighted by Crippen LogP contribution is 2.32. The molecule has 0 aliphatic rings. The van der Waals surface area contributed by atoms with Crippen LogP contribution in [-0.4, -0.2) is 28.0 Å². The van der Waals surface area contributed by atoms with Crippen molar-refractivity contribution in [1.29, 1.82) is 0 Å². The minimum atomic E-state index is -3.99. The van der Waals surface area contributed by atoms with Crippen molar-refractivity contribution in [3.63, 3.8) is 0 Å². The van der Waals surface area contributed by atoms with Gasteiger partial charge in [-0.2, -0.15) is 0 Å². The van der Waals surface area contributed by atoms with Crippen LogP contribution in [-0.2, 0) is 14.8 Å². The van der Waals surface area contributed by atoms with Gasteiger partial charge in [-0.15, -0.1) is 0 Å². The molecule has 1 amide bonds. The van der Waals surface area contributed by atoms with Gasteiger partial charge in [-0.1, -0.05) is 48.0 Å². The topological polar surface area (TPSA) is 75.7 Å². The van der Waals surface area contributed by atoms with Crippen molar-refractivity contribution in [2.24, 2.45) is 0 Å². The molecule has 6 nitrogen and oxygen atoms in total. The van der Waals surface area contributed by atoms with Gasteiger partial charge in [0.25, 0.3) is 10.0 Å². The van der Waals surface area contributed by atoms with Crippen LogP contribution in [0.25, 0.3) is 0 Å². The van der Waals surface area contributed by atoms with Crippen molar-refractivity contribution in [3.8, 4) is 5.75 Å². The summed E-state index contributed by atoms with van der Waals surface area (Å²) in [4.78, 5) is 12.8. The molecule has 0 spiro atoms. The second-order valence-corrected chi connectivity index (χ2v) is 8.27. The van der Waals surface area contributed by atoms with Gasteiger partial charge in [0, 0.05) is 5.69 Å². The van der Waals surface area contributed by atoms with Crippen LogP contribution in [0.3, 0.4) is 0 Å². The van der Waals surface area contributed by atoms with Crippen LogP contribution >= 0.6 is 0 Å². The minimum absolute atomic E-state index is 0.0917. The Labute approximate surface area is 170 Å². The summed E-state index contributed by atoms with van der Waals surface area (Å²) in [5, 5.41) is 2.74. The van der Waals surface area contributed by atoms with Crippen LogP contribution in [0.15, 0.2) is 83.8 Å². The van der Waals surface area contributed by atoms with E-state index in [-0.39, 0.29) is 10.6 Å². The molecule has 0 saturated heterocycles. The Hall–Kier alpha value is -3.32. The number of hydrogen-bond acceptors (Lipinski definition) is 4. The number of nitrogens with one attached hydrogen (secondary N) is 1. The number of carbonyl (C=O) groups is 1. The lowest BCUT2D eigenvalue weighted by Crippen LogP contribution is -2.38. The fourth-order valence-electron chi connectivity index (χ4n) is 2.82. The molecule has 7 heteroatoms. The zero-order valence-electron chi connectivity index (χ0n) is 16.2. The first kappa shape index (κ1) is 20.4. The predicted molar refractivity (Wildman–Crippen MR) is 114 cm³/mol. The molecule has 0 unspecified atom stereocenters. The van der Waals surface area contributed by atoms with Gasteiger partial charge in [-0.3, -0.25) is 9.10 Å². The Bertz CT molecular complexity index is 1080. The summed E-state index contributed by atoms with van der Waals surface area (Å²) in [6.45, 7) is 1.55. The molecule has 3 aromatic carbocycles. The lowest BCUT2D eigenvalue weighted by molar-refractivity contribution is -0.114. The van der Waals surface area contributed by atoms with E-state index in [1.807, 2.05) is 19.1 Å². The number of para-hydroxylation sites is 2. The average molecular weight is 410 g/mol. The molecule has 0 atom stereocenters. The number of anilines is 2. The van der Waals surface area contributed by atoms with Crippen molar-refractivity contribution in [1.82, 2.24) is 0 Å². The Morgan fingerprint density at radius 3 is 2.21 bits per heavy atom. The molecule has 0 bridgehead atoms. The second kappa shape index (κ2) is 8.79. The van der Waals surface area contributed by atoms with Crippen LogP contribution in [0.5, 0.6) is 5.75 Å². The van der Waals surface area contributed by atoms with Gasteiger partial charge in [0.15, 0.2) is 0 Å². The lowest BCUT2D eigenvalue weighted by Gasteiger charge is -2.25. The van der Waals surface area contributed by atoms with Crippen LogP contribution in [0.4, 0.5) is 11.4 Å². The quantitative estimate of drug-likeness (QED) is 0.642.